The number of carbonyl (C=O) groups is 2. The lowest BCUT2D eigenvalue weighted by molar-refractivity contribution is 0.0967. The highest BCUT2D eigenvalue weighted by Crippen LogP contribution is 2.21. The zero-order chi connectivity index (χ0) is 17.8. The van der Waals surface area contributed by atoms with E-state index in [1.807, 2.05) is 30.3 Å². The molecule has 2 aromatic carbocycles. The summed E-state index contributed by atoms with van der Waals surface area (Å²) in [6.45, 7) is 0. The predicted octanol–water partition coefficient (Wildman–Crippen LogP) is 2.63. The molecule has 0 saturated heterocycles. The summed E-state index contributed by atoms with van der Waals surface area (Å²) in [5, 5.41) is 9.05. The average Bonchev–Trinajstić information content (AvgIpc) is 2.96. The standard InChI is InChI=1S/C18H17N5O2/c1-23-15(12-5-3-2-4-6-12)11-16(22-23)20-18(25)21-17(24)13-7-9-14(19)10-8-13/h2-11H,19H2,1H3,(H2,20,21,22,24,25). The molecule has 1 aromatic heterocycles. The molecule has 126 valence electrons. The number of hydrogen-bond acceptors (Lipinski definition) is 4. The summed E-state index contributed by atoms with van der Waals surface area (Å²) in [4.78, 5) is 24.0. The van der Waals surface area contributed by atoms with Gasteiger partial charge in [-0.3, -0.25) is 20.1 Å². The lowest BCUT2D eigenvalue weighted by atomic mass is 10.1. The van der Waals surface area contributed by atoms with Crippen molar-refractivity contribution in [3.63, 3.8) is 0 Å². The van der Waals surface area contributed by atoms with Crippen molar-refractivity contribution < 1.29 is 9.59 Å². The Labute approximate surface area is 144 Å². The van der Waals surface area contributed by atoms with Crippen molar-refractivity contribution in [1.82, 2.24) is 15.1 Å². The number of imide groups is 1. The third kappa shape index (κ3) is 3.84. The number of nitrogen functional groups attached to an aromatic ring is 1. The van der Waals surface area contributed by atoms with Crippen LogP contribution >= 0.6 is 0 Å². The van der Waals surface area contributed by atoms with Gasteiger partial charge in [0, 0.05) is 24.4 Å². The van der Waals surface area contributed by atoms with Gasteiger partial charge in [0.1, 0.15) is 0 Å². The predicted molar refractivity (Wildman–Crippen MR) is 96.0 cm³/mol. The molecule has 0 bridgehead atoms. The number of anilines is 2. The first-order valence-electron chi connectivity index (χ1n) is 7.60. The number of hydrogen-bond donors (Lipinski definition) is 3. The van der Waals surface area contributed by atoms with E-state index in [0.717, 1.165) is 11.3 Å². The van der Waals surface area contributed by atoms with E-state index in [1.165, 1.54) is 0 Å². The van der Waals surface area contributed by atoms with Crippen molar-refractivity contribution in [2.24, 2.45) is 7.05 Å². The highest BCUT2D eigenvalue weighted by molar-refractivity contribution is 6.07. The number of amides is 3. The smallest absolute Gasteiger partial charge is 0.327 e. The second kappa shape index (κ2) is 6.88. The summed E-state index contributed by atoms with van der Waals surface area (Å²) < 4.78 is 1.66. The molecule has 0 unspecified atom stereocenters. The maximum atomic E-state index is 12.0. The van der Waals surface area contributed by atoms with E-state index in [4.69, 9.17) is 5.73 Å². The van der Waals surface area contributed by atoms with Gasteiger partial charge >= 0.3 is 6.03 Å². The van der Waals surface area contributed by atoms with Crippen LogP contribution in [-0.4, -0.2) is 21.7 Å². The van der Waals surface area contributed by atoms with Crippen molar-refractivity contribution in [3.8, 4) is 11.3 Å². The Bertz CT molecular complexity index is 901. The molecule has 0 aliphatic rings. The largest absolute Gasteiger partial charge is 0.399 e. The van der Waals surface area contributed by atoms with E-state index >= 15 is 0 Å². The minimum absolute atomic E-state index is 0.343. The first-order chi connectivity index (χ1) is 12.0. The summed E-state index contributed by atoms with van der Waals surface area (Å²) in [7, 11) is 1.78. The Hall–Kier alpha value is -3.61. The Morgan fingerprint density at radius 3 is 2.40 bits per heavy atom. The fourth-order valence-electron chi connectivity index (χ4n) is 2.36. The third-order valence-corrected chi connectivity index (χ3v) is 3.59. The number of nitrogens with zero attached hydrogens (tertiary/aromatic N) is 2. The van der Waals surface area contributed by atoms with Crippen molar-refractivity contribution in [3.05, 3.63) is 66.2 Å². The van der Waals surface area contributed by atoms with Gasteiger partial charge in [0.2, 0.25) is 0 Å². The molecule has 25 heavy (non-hydrogen) atoms. The topological polar surface area (TPSA) is 102 Å². The number of urea groups is 1. The first-order valence-corrected chi connectivity index (χ1v) is 7.60. The van der Waals surface area contributed by atoms with Crippen LogP contribution in [0, 0.1) is 0 Å². The van der Waals surface area contributed by atoms with Crippen LogP contribution in [0.5, 0.6) is 0 Å². The summed E-state index contributed by atoms with van der Waals surface area (Å²) in [6.07, 6.45) is 0. The van der Waals surface area contributed by atoms with Crippen LogP contribution in [-0.2, 0) is 7.05 Å². The molecule has 3 aromatic rings. The zero-order valence-electron chi connectivity index (χ0n) is 13.6. The SMILES string of the molecule is Cn1nc(NC(=O)NC(=O)c2ccc(N)cc2)cc1-c1ccccc1. The normalized spacial score (nSPS) is 10.3. The number of aryl methyl sites for hydroxylation is 1. The fourth-order valence-corrected chi connectivity index (χ4v) is 2.36. The summed E-state index contributed by atoms with van der Waals surface area (Å²) in [5.41, 5.74) is 8.28. The Morgan fingerprint density at radius 1 is 1.04 bits per heavy atom. The summed E-state index contributed by atoms with van der Waals surface area (Å²) in [5.74, 6) is -0.166. The molecule has 0 fully saturated rings. The van der Waals surface area contributed by atoms with Crippen molar-refractivity contribution in [2.45, 2.75) is 0 Å². The molecule has 0 aliphatic carbocycles. The van der Waals surface area contributed by atoms with Crippen LogP contribution in [0.3, 0.4) is 0 Å². The van der Waals surface area contributed by atoms with Crippen LogP contribution in [0.4, 0.5) is 16.3 Å². The van der Waals surface area contributed by atoms with E-state index in [9.17, 15) is 9.59 Å². The number of aromatic nitrogens is 2. The van der Waals surface area contributed by atoms with Crippen LogP contribution in [0.2, 0.25) is 0 Å². The van der Waals surface area contributed by atoms with Crippen molar-refractivity contribution >= 4 is 23.4 Å². The van der Waals surface area contributed by atoms with Crippen molar-refractivity contribution in [1.29, 1.82) is 0 Å². The van der Waals surface area contributed by atoms with Crippen LogP contribution in [0.25, 0.3) is 11.3 Å². The fraction of sp³-hybridized carbons (Fsp3) is 0.0556. The molecule has 4 N–H and O–H groups in total. The van der Waals surface area contributed by atoms with E-state index in [2.05, 4.69) is 15.7 Å². The van der Waals surface area contributed by atoms with E-state index < -0.39 is 11.9 Å². The van der Waals surface area contributed by atoms with Crippen molar-refractivity contribution in [2.75, 3.05) is 11.1 Å². The van der Waals surface area contributed by atoms with Gasteiger partial charge in [-0.1, -0.05) is 30.3 Å². The first kappa shape index (κ1) is 16.3. The van der Waals surface area contributed by atoms with Gasteiger partial charge in [0.15, 0.2) is 5.82 Å². The lowest BCUT2D eigenvalue weighted by Gasteiger charge is -2.04. The minimum Gasteiger partial charge on any atom is -0.399 e. The van der Waals surface area contributed by atoms with E-state index in [-0.39, 0.29) is 0 Å². The third-order valence-electron chi connectivity index (χ3n) is 3.59. The molecule has 3 amide bonds. The maximum Gasteiger partial charge on any atom is 0.327 e. The highest BCUT2D eigenvalue weighted by Gasteiger charge is 2.13. The number of carbonyl (C=O) groups excluding carboxylic acids is 2. The molecule has 1 heterocycles. The number of benzene rings is 2. The summed E-state index contributed by atoms with van der Waals surface area (Å²) >= 11 is 0. The Kier molecular flexibility index (Phi) is 4.47. The zero-order valence-corrected chi connectivity index (χ0v) is 13.6. The van der Waals surface area contributed by atoms with E-state index in [1.54, 1.807) is 42.1 Å². The molecule has 3 rings (SSSR count). The second-order valence-electron chi connectivity index (χ2n) is 5.43. The highest BCUT2D eigenvalue weighted by atomic mass is 16.2. The molecule has 7 nitrogen and oxygen atoms in total. The van der Waals surface area contributed by atoms with Gasteiger partial charge in [-0.15, -0.1) is 0 Å². The monoisotopic (exact) mass is 335 g/mol. The number of nitrogens with two attached hydrogens (primary N) is 1. The van der Waals surface area contributed by atoms with Gasteiger partial charge < -0.3 is 5.73 Å². The second-order valence-corrected chi connectivity index (χ2v) is 5.43. The molecule has 7 heteroatoms. The number of rotatable bonds is 3. The van der Waals surface area contributed by atoms with Crippen LogP contribution < -0.4 is 16.4 Å². The quantitative estimate of drug-likeness (QED) is 0.640. The Morgan fingerprint density at radius 2 is 1.72 bits per heavy atom. The summed E-state index contributed by atoms with van der Waals surface area (Å²) in [6, 6.07) is 17.0. The average molecular weight is 335 g/mol. The molecule has 0 radical (unpaired) electrons. The molecule has 0 aliphatic heterocycles. The van der Waals surface area contributed by atoms with Gasteiger partial charge in [-0.25, -0.2) is 4.79 Å². The van der Waals surface area contributed by atoms with Gasteiger partial charge in [0.05, 0.1) is 5.69 Å². The van der Waals surface area contributed by atoms with Gasteiger partial charge in [0.25, 0.3) is 5.91 Å². The lowest BCUT2D eigenvalue weighted by Crippen LogP contribution is -2.34. The molecule has 0 spiro atoms. The van der Waals surface area contributed by atoms with Crippen LogP contribution in [0.1, 0.15) is 10.4 Å². The molecule has 0 saturated carbocycles. The van der Waals surface area contributed by atoms with Gasteiger partial charge in [-0.05, 0) is 29.8 Å². The van der Waals surface area contributed by atoms with Gasteiger partial charge in [-0.2, -0.15) is 5.10 Å². The Balaban J connectivity index is 1.67. The van der Waals surface area contributed by atoms with E-state index in [0.29, 0.717) is 17.1 Å². The molecular weight excluding hydrogens is 318 g/mol. The van der Waals surface area contributed by atoms with Crippen LogP contribution in [0.15, 0.2) is 60.7 Å². The molecular formula is C18H17N5O2. The maximum absolute atomic E-state index is 12.0. The minimum atomic E-state index is -0.653. The number of nitrogens with one attached hydrogen (secondary N) is 2. The molecule has 0 atom stereocenters.